The van der Waals surface area contributed by atoms with Gasteiger partial charge in [-0.1, -0.05) is 182 Å². The number of nitrogens with zero attached hydrogens (tertiary/aromatic N) is 2. The van der Waals surface area contributed by atoms with E-state index in [2.05, 4.69) is 252 Å². The van der Waals surface area contributed by atoms with Crippen LogP contribution in [0.15, 0.2) is 259 Å². The van der Waals surface area contributed by atoms with Crippen LogP contribution in [0.3, 0.4) is 0 Å². The molecule has 11 aromatic rings. The second-order valence-corrected chi connectivity index (χ2v) is 15.8. The van der Waals surface area contributed by atoms with Gasteiger partial charge in [-0.05, 0) is 117 Å². The van der Waals surface area contributed by atoms with Crippen LogP contribution in [0.5, 0.6) is 0 Å². The summed E-state index contributed by atoms with van der Waals surface area (Å²) in [5, 5.41) is 2.19. The second kappa shape index (κ2) is 16.6. The van der Waals surface area contributed by atoms with Gasteiger partial charge in [-0.25, -0.2) is 0 Å². The van der Waals surface area contributed by atoms with Crippen LogP contribution < -0.4 is 9.80 Å². The molecule has 0 aliphatic heterocycles. The van der Waals surface area contributed by atoms with Crippen molar-refractivity contribution in [2.24, 2.45) is 0 Å². The molecule has 0 aliphatic carbocycles. The Bertz CT molecular complexity index is 3270. The molecule has 0 radical (unpaired) electrons. The molecule has 0 spiro atoms. The highest BCUT2D eigenvalue weighted by Crippen LogP contribution is 2.45. The van der Waals surface area contributed by atoms with Crippen LogP contribution in [0.4, 0.5) is 34.1 Å². The monoisotopic (exact) mass is 806 g/mol. The van der Waals surface area contributed by atoms with Gasteiger partial charge in [0.05, 0.1) is 5.69 Å². The Morgan fingerprint density at radius 3 is 0.984 bits per heavy atom. The van der Waals surface area contributed by atoms with Gasteiger partial charge in [0.15, 0.2) is 5.58 Å². The van der Waals surface area contributed by atoms with Crippen molar-refractivity contribution in [1.82, 2.24) is 0 Å². The number of hydrogen-bond acceptors (Lipinski definition) is 3. The third-order valence-corrected chi connectivity index (χ3v) is 11.8. The van der Waals surface area contributed by atoms with Gasteiger partial charge in [0.1, 0.15) is 5.58 Å². The standard InChI is InChI=1S/C60H42N2O/c1-4-18-43(19-5-1)46-24-12-29-51(38-46)61(52-30-13-25-47(39-52)44-20-6-2-7-21-44)53-31-15-27-49(41-53)50-28-16-33-55(42-50)62(54-32-14-26-48(40-54)45-22-8-3-9-23-45)58-36-17-35-57-56-34-10-11-37-59(56)63-60(57)58/h1-42H. The average molecular weight is 807 g/mol. The van der Waals surface area contributed by atoms with Crippen LogP contribution in [-0.2, 0) is 0 Å². The minimum atomic E-state index is 0.849. The highest BCUT2D eigenvalue weighted by molar-refractivity contribution is 6.10. The summed E-state index contributed by atoms with van der Waals surface area (Å²) in [7, 11) is 0. The van der Waals surface area contributed by atoms with Crippen molar-refractivity contribution in [2.75, 3.05) is 9.80 Å². The fourth-order valence-electron chi connectivity index (χ4n) is 8.80. The molecule has 0 atom stereocenters. The first kappa shape index (κ1) is 37.6. The number of fused-ring (bicyclic) bond motifs is 3. The van der Waals surface area contributed by atoms with Gasteiger partial charge in [0.25, 0.3) is 0 Å². The Labute approximate surface area is 368 Å². The van der Waals surface area contributed by atoms with E-state index in [0.717, 1.165) is 83.9 Å². The largest absolute Gasteiger partial charge is 0.454 e. The van der Waals surface area contributed by atoms with E-state index in [1.54, 1.807) is 0 Å². The van der Waals surface area contributed by atoms with Gasteiger partial charge in [-0.15, -0.1) is 0 Å². The van der Waals surface area contributed by atoms with Gasteiger partial charge in [0.2, 0.25) is 0 Å². The smallest absolute Gasteiger partial charge is 0.159 e. The first-order valence-electron chi connectivity index (χ1n) is 21.4. The van der Waals surface area contributed by atoms with E-state index >= 15 is 0 Å². The number of rotatable bonds is 10. The Morgan fingerprint density at radius 2 is 0.556 bits per heavy atom. The number of anilines is 6. The van der Waals surface area contributed by atoms with E-state index in [9.17, 15) is 0 Å². The summed E-state index contributed by atoms with van der Waals surface area (Å²) in [6, 6.07) is 90.7. The lowest BCUT2D eigenvalue weighted by Gasteiger charge is -2.28. The molecule has 63 heavy (non-hydrogen) atoms. The summed E-state index contributed by atoms with van der Waals surface area (Å²) in [5.41, 5.74) is 17.2. The molecule has 0 saturated heterocycles. The van der Waals surface area contributed by atoms with Crippen molar-refractivity contribution < 1.29 is 4.42 Å². The number of furan rings is 1. The fourth-order valence-corrected chi connectivity index (χ4v) is 8.80. The summed E-state index contributed by atoms with van der Waals surface area (Å²) < 4.78 is 6.69. The van der Waals surface area contributed by atoms with Crippen molar-refractivity contribution in [1.29, 1.82) is 0 Å². The molecule has 0 saturated carbocycles. The predicted molar refractivity (Wildman–Crippen MR) is 265 cm³/mol. The lowest BCUT2D eigenvalue weighted by Crippen LogP contribution is -2.11. The highest BCUT2D eigenvalue weighted by Gasteiger charge is 2.21. The van der Waals surface area contributed by atoms with Gasteiger partial charge in [-0.2, -0.15) is 0 Å². The van der Waals surface area contributed by atoms with Gasteiger partial charge >= 0.3 is 0 Å². The molecule has 298 valence electrons. The van der Waals surface area contributed by atoms with Crippen LogP contribution in [0.2, 0.25) is 0 Å². The number of benzene rings is 10. The van der Waals surface area contributed by atoms with Crippen LogP contribution >= 0.6 is 0 Å². The Hall–Kier alpha value is -8.40. The first-order chi connectivity index (χ1) is 31.2. The van der Waals surface area contributed by atoms with Crippen LogP contribution in [0, 0.1) is 0 Å². The summed E-state index contributed by atoms with van der Waals surface area (Å²) in [4.78, 5) is 4.71. The molecular formula is C60H42N2O. The van der Waals surface area contributed by atoms with Crippen molar-refractivity contribution in [3.05, 3.63) is 255 Å². The summed E-state index contributed by atoms with van der Waals surface area (Å²) in [6.45, 7) is 0. The van der Waals surface area contributed by atoms with Crippen molar-refractivity contribution in [2.45, 2.75) is 0 Å². The highest BCUT2D eigenvalue weighted by atomic mass is 16.3. The molecule has 0 bridgehead atoms. The third kappa shape index (κ3) is 7.43. The lowest BCUT2D eigenvalue weighted by atomic mass is 10.0. The molecule has 1 heterocycles. The Morgan fingerprint density at radius 1 is 0.238 bits per heavy atom. The molecule has 0 aliphatic rings. The van der Waals surface area contributed by atoms with Gasteiger partial charge < -0.3 is 14.2 Å². The van der Waals surface area contributed by atoms with E-state index in [4.69, 9.17) is 4.42 Å². The second-order valence-electron chi connectivity index (χ2n) is 15.8. The molecule has 10 aromatic carbocycles. The Kier molecular flexibility index (Phi) is 9.89. The maximum Gasteiger partial charge on any atom is 0.159 e. The minimum Gasteiger partial charge on any atom is -0.454 e. The molecule has 11 rings (SSSR count). The average Bonchev–Trinajstić information content (AvgIpc) is 3.75. The van der Waals surface area contributed by atoms with E-state index in [1.165, 1.54) is 16.7 Å². The zero-order valence-electron chi connectivity index (χ0n) is 34.6. The molecule has 0 unspecified atom stereocenters. The van der Waals surface area contributed by atoms with Crippen molar-refractivity contribution >= 4 is 56.1 Å². The van der Waals surface area contributed by atoms with Crippen LogP contribution in [0.25, 0.3) is 66.4 Å². The van der Waals surface area contributed by atoms with E-state index in [0.29, 0.717) is 0 Å². The van der Waals surface area contributed by atoms with Crippen molar-refractivity contribution in [3.63, 3.8) is 0 Å². The first-order valence-corrected chi connectivity index (χ1v) is 21.4. The third-order valence-electron chi connectivity index (χ3n) is 11.8. The molecule has 3 heteroatoms. The molecule has 0 fully saturated rings. The van der Waals surface area contributed by atoms with Gasteiger partial charge in [0, 0.05) is 39.2 Å². The molecule has 0 amide bonds. The molecular weight excluding hydrogens is 765 g/mol. The van der Waals surface area contributed by atoms with Crippen LogP contribution in [0.1, 0.15) is 0 Å². The molecule has 1 aromatic heterocycles. The predicted octanol–water partition coefficient (Wildman–Crippen LogP) is 17.2. The summed E-state index contributed by atoms with van der Waals surface area (Å²) in [6.07, 6.45) is 0. The van der Waals surface area contributed by atoms with E-state index < -0.39 is 0 Å². The zero-order valence-corrected chi connectivity index (χ0v) is 34.6. The quantitative estimate of drug-likeness (QED) is 0.137. The topological polar surface area (TPSA) is 19.6 Å². The van der Waals surface area contributed by atoms with Gasteiger partial charge in [-0.3, -0.25) is 0 Å². The summed E-state index contributed by atoms with van der Waals surface area (Å²) >= 11 is 0. The number of para-hydroxylation sites is 2. The normalized spacial score (nSPS) is 11.2. The zero-order chi connectivity index (χ0) is 42.0. The SMILES string of the molecule is c1ccc(-c2cccc(N(c3cccc(-c4ccccc4)c3)c3cccc(-c4cccc(N(c5cccc(-c6ccccc6)c5)c5cccc6c5oc5ccccc56)c4)c3)c2)cc1. The van der Waals surface area contributed by atoms with Crippen molar-refractivity contribution in [3.8, 4) is 44.5 Å². The summed E-state index contributed by atoms with van der Waals surface area (Å²) in [5.74, 6) is 0. The minimum absolute atomic E-state index is 0.849. The van der Waals surface area contributed by atoms with E-state index in [-0.39, 0.29) is 0 Å². The molecule has 0 N–H and O–H groups in total. The fraction of sp³-hybridized carbons (Fsp3) is 0. The maximum absolute atomic E-state index is 6.69. The van der Waals surface area contributed by atoms with E-state index in [1.807, 2.05) is 12.1 Å². The maximum atomic E-state index is 6.69. The molecule has 3 nitrogen and oxygen atoms in total. The van der Waals surface area contributed by atoms with Crippen LogP contribution in [-0.4, -0.2) is 0 Å². The lowest BCUT2D eigenvalue weighted by molar-refractivity contribution is 0.669. The Balaban J connectivity index is 1.05. The number of hydrogen-bond donors (Lipinski definition) is 0.